The normalized spacial score (nSPS) is 16.7. The van der Waals surface area contributed by atoms with Gasteiger partial charge in [-0.2, -0.15) is 4.31 Å². The maximum atomic E-state index is 12.7. The predicted molar refractivity (Wildman–Crippen MR) is 114 cm³/mol. The molecular formula is C22H29N3O3S. The summed E-state index contributed by atoms with van der Waals surface area (Å²) in [6, 6.07) is 18.6. The summed E-state index contributed by atoms with van der Waals surface area (Å²) in [7, 11) is -3.50. The molecule has 7 heteroatoms. The number of nitrogens with zero attached hydrogens (tertiary/aromatic N) is 2. The van der Waals surface area contributed by atoms with E-state index in [2.05, 4.69) is 31.3 Å². The Hall–Kier alpha value is -2.22. The minimum atomic E-state index is -3.50. The van der Waals surface area contributed by atoms with Crippen LogP contribution in [0.5, 0.6) is 0 Å². The van der Waals surface area contributed by atoms with Gasteiger partial charge in [-0.1, -0.05) is 62.4 Å². The zero-order chi connectivity index (χ0) is 20.9. The van der Waals surface area contributed by atoms with E-state index in [-0.39, 0.29) is 18.5 Å². The van der Waals surface area contributed by atoms with E-state index in [0.29, 0.717) is 37.0 Å². The molecule has 29 heavy (non-hydrogen) atoms. The summed E-state index contributed by atoms with van der Waals surface area (Å²) in [5, 5.41) is 3.38. The lowest BCUT2D eigenvalue weighted by Gasteiger charge is -2.34. The molecule has 2 aromatic carbocycles. The number of amides is 1. The van der Waals surface area contributed by atoms with Gasteiger partial charge < -0.3 is 10.2 Å². The van der Waals surface area contributed by atoms with Crippen LogP contribution in [-0.2, 0) is 14.8 Å². The van der Waals surface area contributed by atoms with Crippen molar-refractivity contribution in [2.75, 3.05) is 32.7 Å². The van der Waals surface area contributed by atoms with Gasteiger partial charge in [-0.05, 0) is 23.6 Å². The van der Waals surface area contributed by atoms with Crippen molar-refractivity contribution in [3.8, 4) is 0 Å². The van der Waals surface area contributed by atoms with Gasteiger partial charge in [-0.15, -0.1) is 0 Å². The molecule has 0 spiro atoms. The zero-order valence-electron chi connectivity index (χ0n) is 17.0. The second kappa shape index (κ2) is 9.52. The molecule has 1 aliphatic heterocycles. The highest BCUT2D eigenvalue weighted by molar-refractivity contribution is 7.89. The maximum absolute atomic E-state index is 12.7. The van der Waals surface area contributed by atoms with E-state index >= 15 is 0 Å². The fourth-order valence-corrected chi connectivity index (χ4v) is 5.07. The minimum absolute atomic E-state index is 0.00309. The van der Waals surface area contributed by atoms with Gasteiger partial charge in [0.15, 0.2) is 0 Å². The van der Waals surface area contributed by atoms with Crippen molar-refractivity contribution in [1.82, 2.24) is 14.5 Å². The van der Waals surface area contributed by atoms with Crippen molar-refractivity contribution in [1.29, 1.82) is 0 Å². The summed E-state index contributed by atoms with van der Waals surface area (Å²) in [5.41, 5.74) is 1.16. The first kappa shape index (κ1) is 21.5. The highest BCUT2D eigenvalue weighted by Crippen LogP contribution is 2.21. The molecule has 1 amide bonds. The molecule has 0 radical (unpaired) electrons. The molecule has 0 bridgehead atoms. The number of sulfonamides is 1. The quantitative estimate of drug-likeness (QED) is 0.754. The number of piperazine rings is 1. The van der Waals surface area contributed by atoms with Gasteiger partial charge in [-0.25, -0.2) is 8.42 Å². The molecular weight excluding hydrogens is 386 g/mol. The Morgan fingerprint density at radius 2 is 1.48 bits per heavy atom. The summed E-state index contributed by atoms with van der Waals surface area (Å²) >= 11 is 0. The van der Waals surface area contributed by atoms with E-state index in [4.69, 9.17) is 0 Å². The van der Waals surface area contributed by atoms with E-state index < -0.39 is 10.0 Å². The molecule has 0 unspecified atom stereocenters. The monoisotopic (exact) mass is 415 g/mol. The molecule has 0 aromatic heterocycles. The van der Waals surface area contributed by atoms with Crippen LogP contribution in [0.1, 0.15) is 25.5 Å². The fourth-order valence-electron chi connectivity index (χ4n) is 3.63. The Kier molecular flexibility index (Phi) is 7.05. The summed E-state index contributed by atoms with van der Waals surface area (Å²) in [5.74, 6) is 0.349. The number of hydrogen-bond acceptors (Lipinski definition) is 4. The lowest BCUT2D eigenvalue weighted by Crippen LogP contribution is -2.52. The van der Waals surface area contributed by atoms with E-state index in [1.54, 1.807) is 35.2 Å². The molecule has 1 N–H and O–H groups in total. The smallest absolute Gasteiger partial charge is 0.243 e. The summed E-state index contributed by atoms with van der Waals surface area (Å²) < 4.78 is 26.9. The molecule has 2 aromatic rings. The molecule has 0 aliphatic carbocycles. The van der Waals surface area contributed by atoms with Crippen LogP contribution >= 0.6 is 0 Å². The Labute approximate surface area is 173 Å². The van der Waals surface area contributed by atoms with Gasteiger partial charge in [0.25, 0.3) is 0 Å². The van der Waals surface area contributed by atoms with E-state index in [9.17, 15) is 13.2 Å². The summed E-state index contributed by atoms with van der Waals surface area (Å²) in [6.45, 7) is 5.94. The molecule has 1 atom stereocenters. The topological polar surface area (TPSA) is 69.7 Å². The predicted octanol–water partition coefficient (Wildman–Crippen LogP) is 2.51. The Balaban J connectivity index is 1.55. The van der Waals surface area contributed by atoms with E-state index in [1.807, 2.05) is 18.2 Å². The van der Waals surface area contributed by atoms with Crippen LogP contribution in [0.3, 0.4) is 0 Å². The van der Waals surface area contributed by atoms with Crippen molar-refractivity contribution in [2.24, 2.45) is 5.92 Å². The van der Waals surface area contributed by atoms with Crippen molar-refractivity contribution in [3.63, 3.8) is 0 Å². The second-order valence-electron chi connectivity index (χ2n) is 7.61. The SMILES string of the molecule is CC(C)[C@@H](NCC(=O)N1CCN(S(=O)(=O)c2ccccc2)CC1)c1ccccc1. The molecule has 3 rings (SSSR count). The summed E-state index contributed by atoms with van der Waals surface area (Å²) in [4.78, 5) is 14.7. The Morgan fingerprint density at radius 3 is 2.03 bits per heavy atom. The van der Waals surface area contributed by atoms with Crippen molar-refractivity contribution < 1.29 is 13.2 Å². The van der Waals surface area contributed by atoms with Crippen LogP contribution in [0, 0.1) is 5.92 Å². The number of rotatable bonds is 7. The molecule has 1 fully saturated rings. The van der Waals surface area contributed by atoms with Crippen molar-refractivity contribution >= 4 is 15.9 Å². The number of hydrogen-bond donors (Lipinski definition) is 1. The highest BCUT2D eigenvalue weighted by atomic mass is 32.2. The van der Waals surface area contributed by atoms with Crippen LogP contribution in [0.25, 0.3) is 0 Å². The van der Waals surface area contributed by atoms with Crippen LogP contribution in [0.4, 0.5) is 0 Å². The van der Waals surface area contributed by atoms with Gasteiger partial charge in [-0.3, -0.25) is 4.79 Å². The molecule has 1 heterocycles. The first-order valence-electron chi connectivity index (χ1n) is 10.0. The minimum Gasteiger partial charge on any atom is -0.339 e. The average Bonchev–Trinajstić information content (AvgIpc) is 2.75. The van der Waals surface area contributed by atoms with Crippen molar-refractivity contribution in [2.45, 2.75) is 24.8 Å². The van der Waals surface area contributed by atoms with Crippen LogP contribution in [0.2, 0.25) is 0 Å². The summed E-state index contributed by atoms with van der Waals surface area (Å²) in [6.07, 6.45) is 0. The third-order valence-corrected chi connectivity index (χ3v) is 7.18. The van der Waals surface area contributed by atoms with Gasteiger partial charge in [0, 0.05) is 32.2 Å². The van der Waals surface area contributed by atoms with Gasteiger partial charge >= 0.3 is 0 Å². The van der Waals surface area contributed by atoms with Crippen LogP contribution < -0.4 is 5.32 Å². The highest BCUT2D eigenvalue weighted by Gasteiger charge is 2.30. The van der Waals surface area contributed by atoms with Crippen LogP contribution in [-0.4, -0.2) is 56.3 Å². The van der Waals surface area contributed by atoms with E-state index in [0.717, 1.165) is 5.56 Å². The second-order valence-corrected chi connectivity index (χ2v) is 9.55. The number of nitrogens with one attached hydrogen (secondary N) is 1. The van der Waals surface area contributed by atoms with Crippen molar-refractivity contribution in [3.05, 3.63) is 66.2 Å². The Morgan fingerprint density at radius 1 is 0.931 bits per heavy atom. The molecule has 1 saturated heterocycles. The zero-order valence-corrected chi connectivity index (χ0v) is 17.8. The van der Waals surface area contributed by atoms with Crippen LogP contribution in [0.15, 0.2) is 65.6 Å². The van der Waals surface area contributed by atoms with Gasteiger partial charge in [0.1, 0.15) is 0 Å². The van der Waals surface area contributed by atoms with Gasteiger partial charge in [0.2, 0.25) is 15.9 Å². The standard InChI is InChI=1S/C22H29N3O3S/c1-18(2)22(19-9-5-3-6-10-19)23-17-21(26)24-13-15-25(16-14-24)29(27,28)20-11-7-4-8-12-20/h3-12,18,22-23H,13-17H2,1-2H3/t22-/m1/s1. The first-order chi connectivity index (χ1) is 13.9. The first-order valence-corrected chi connectivity index (χ1v) is 11.4. The number of carbonyl (C=O) groups is 1. The average molecular weight is 416 g/mol. The molecule has 0 saturated carbocycles. The lowest BCUT2D eigenvalue weighted by atomic mass is 9.96. The Bertz CT molecular complexity index is 893. The lowest BCUT2D eigenvalue weighted by molar-refractivity contribution is -0.131. The third-order valence-electron chi connectivity index (χ3n) is 5.27. The number of carbonyl (C=O) groups excluding carboxylic acids is 1. The van der Waals surface area contributed by atoms with Gasteiger partial charge in [0.05, 0.1) is 11.4 Å². The fraction of sp³-hybridized carbons (Fsp3) is 0.409. The molecule has 6 nitrogen and oxygen atoms in total. The van der Waals surface area contributed by atoms with E-state index in [1.165, 1.54) is 4.31 Å². The maximum Gasteiger partial charge on any atom is 0.243 e. The largest absolute Gasteiger partial charge is 0.339 e. The number of benzene rings is 2. The third kappa shape index (κ3) is 5.23. The molecule has 156 valence electrons. The molecule has 1 aliphatic rings.